The number of nitrogens with one attached hydrogen (secondary N) is 1. The SMILES string of the molecule is CN(Cc1ccc(F)cc1)C(=O)c1nc(C(Cc2ccccc2)N(C)C)[nH]c(=O)c1O. The lowest BCUT2D eigenvalue weighted by molar-refractivity contribution is 0.0774. The molecule has 0 bridgehead atoms. The average molecular weight is 424 g/mol. The van der Waals surface area contributed by atoms with Gasteiger partial charge in [0.25, 0.3) is 11.5 Å². The second-order valence-corrected chi connectivity index (χ2v) is 7.61. The van der Waals surface area contributed by atoms with Crippen LogP contribution in [-0.4, -0.2) is 51.9 Å². The number of carbonyl (C=O) groups is 1. The first-order valence-corrected chi connectivity index (χ1v) is 9.79. The summed E-state index contributed by atoms with van der Waals surface area (Å²) in [6.07, 6.45) is 0.556. The van der Waals surface area contributed by atoms with Crippen LogP contribution in [0.2, 0.25) is 0 Å². The maximum absolute atomic E-state index is 13.1. The van der Waals surface area contributed by atoms with E-state index in [0.717, 1.165) is 5.56 Å². The van der Waals surface area contributed by atoms with Crippen molar-refractivity contribution in [1.29, 1.82) is 0 Å². The largest absolute Gasteiger partial charge is 0.501 e. The van der Waals surface area contributed by atoms with Gasteiger partial charge in [0.15, 0.2) is 5.69 Å². The highest BCUT2D eigenvalue weighted by Crippen LogP contribution is 2.22. The smallest absolute Gasteiger partial charge is 0.293 e. The molecule has 8 heteroatoms. The summed E-state index contributed by atoms with van der Waals surface area (Å²) in [5, 5.41) is 10.2. The molecule has 1 unspecified atom stereocenters. The van der Waals surface area contributed by atoms with Gasteiger partial charge in [0.1, 0.15) is 11.6 Å². The summed E-state index contributed by atoms with van der Waals surface area (Å²) in [4.78, 5) is 35.5. The Balaban J connectivity index is 1.90. The molecule has 2 aromatic carbocycles. The molecule has 1 amide bonds. The lowest BCUT2D eigenvalue weighted by Crippen LogP contribution is -2.32. The van der Waals surface area contributed by atoms with Crippen LogP contribution < -0.4 is 5.56 Å². The minimum Gasteiger partial charge on any atom is -0.501 e. The van der Waals surface area contributed by atoms with Gasteiger partial charge in [0.05, 0.1) is 6.04 Å². The third-order valence-electron chi connectivity index (χ3n) is 5.01. The molecule has 7 nitrogen and oxygen atoms in total. The van der Waals surface area contributed by atoms with Crippen LogP contribution in [-0.2, 0) is 13.0 Å². The molecule has 162 valence electrons. The monoisotopic (exact) mass is 424 g/mol. The zero-order valence-electron chi connectivity index (χ0n) is 17.7. The zero-order valence-corrected chi connectivity index (χ0v) is 17.7. The highest BCUT2D eigenvalue weighted by Gasteiger charge is 2.25. The van der Waals surface area contributed by atoms with E-state index in [2.05, 4.69) is 9.97 Å². The van der Waals surface area contributed by atoms with Crippen molar-refractivity contribution in [1.82, 2.24) is 19.8 Å². The van der Waals surface area contributed by atoms with E-state index >= 15 is 0 Å². The van der Waals surface area contributed by atoms with Crippen LogP contribution in [0.5, 0.6) is 5.75 Å². The molecule has 1 atom stereocenters. The lowest BCUT2D eigenvalue weighted by atomic mass is 10.0. The van der Waals surface area contributed by atoms with Crippen molar-refractivity contribution in [3.63, 3.8) is 0 Å². The highest BCUT2D eigenvalue weighted by molar-refractivity contribution is 5.94. The normalized spacial score (nSPS) is 12.0. The van der Waals surface area contributed by atoms with E-state index in [1.54, 1.807) is 12.1 Å². The summed E-state index contributed by atoms with van der Waals surface area (Å²) in [7, 11) is 5.23. The molecule has 1 aromatic heterocycles. The molecule has 2 N–H and O–H groups in total. The number of aromatic hydroxyl groups is 1. The van der Waals surface area contributed by atoms with E-state index in [9.17, 15) is 19.1 Å². The molecule has 3 aromatic rings. The number of benzene rings is 2. The quantitative estimate of drug-likeness (QED) is 0.609. The Kier molecular flexibility index (Phi) is 6.81. The predicted octanol–water partition coefficient (Wildman–Crippen LogP) is 2.73. The fraction of sp³-hybridized carbons (Fsp3) is 0.261. The van der Waals surface area contributed by atoms with Crippen molar-refractivity contribution < 1.29 is 14.3 Å². The van der Waals surface area contributed by atoms with Crippen molar-refractivity contribution in [2.45, 2.75) is 19.0 Å². The third kappa shape index (κ3) is 5.35. The number of aromatic nitrogens is 2. The lowest BCUT2D eigenvalue weighted by Gasteiger charge is -2.24. The van der Waals surface area contributed by atoms with Crippen LogP contribution in [0, 0.1) is 5.82 Å². The van der Waals surface area contributed by atoms with E-state index in [0.29, 0.717) is 12.0 Å². The van der Waals surface area contributed by atoms with Gasteiger partial charge in [0, 0.05) is 13.6 Å². The molecule has 1 heterocycles. The number of halogens is 1. The Morgan fingerprint density at radius 3 is 2.32 bits per heavy atom. The molecular formula is C23H25FN4O3. The molecular weight excluding hydrogens is 399 g/mol. The first kappa shape index (κ1) is 22.2. The molecule has 0 aliphatic carbocycles. The van der Waals surface area contributed by atoms with E-state index in [4.69, 9.17) is 0 Å². The minimum absolute atomic E-state index is 0.170. The topological polar surface area (TPSA) is 89.5 Å². The van der Waals surface area contributed by atoms with Gasteiger partial charge >= 0.3 is 0 Å². The van der Waals surface area contributed by atoms with Crippen molar-refractivity contribution in [2.24, 2.45) is 0 Å². The number of carbonyl (C=O) groups excluding carboxylic acids is 1. The van der Waals surface area contributed by atoms with Crippen LogP contribution in [0.1, 0.15) is 33.5 Å². The number of H-pyrrole nitrogens is 1. The molecule has 31 heavy (non-hydrogen) atoms. The van der Waals surface area contributed by atoms with Crippen molar-refractivity contribution >= 4 is 5.91 Å². The van der Waals surface area contributed by atoms with Crippen molar-refractivity contribution in [3.8, 4) is 5.75 Å². The standard InChI is InChI=1S/C23H25FN4O3/c1-27(2)18(13-15-7-5-4-6-8-15)21-25-19(20(29)22(30)26-21)23(31)28(3)14-16-9-11-17(24)12-10-16/h4-12,18,29H,13-14H2,1-3H3,(H,25,26,30). The summed E-state index contributed by atoms with van der Waals surface area (Å²) in [5.41, 5.74) is 0.655. The van der Waals surface area contributed by atoms with E-state index in [-0.39, 0.29) is 29.9 Å². The first-order valence-electron chi connectivity index (χ1n) is 9.79. The van der Waals surface area contributed by atoms with Crippen LogP contribution in [0.25, 0.3) is 0 Å². The molecule has 0 aliphatic rings. The Labute approximate surface area is 179 Å². The zero-order chi connectivity index (χ0) is 22.5. The number of rotatable bonds is 7. The van der Waals surface area contributed by atoms with Gasteiger partial charge in [-0.15, -0.1) is 0 Å². The minimum atomic E-state index is -0.775. The molecule has 0 fully saturated rings. The second kappa shape index (κ2) is 9.53. The van der Waals surface area contributed by atoms with E-state index in [1.165, 1.54) is 24.1 Å². The average Bonchev–Trinajstić information content (AvgIpc) is 2.75. The Morgan fingerprint density at radius 1 is 1.06 bits per heavy atom. The highest BCUT2D eigenvalue weighted by atomic mass is 19.1. The van der Waals surface area contributed by atoms with Crippen LogP contribution in [0.3, 0.4) is 0 Å². The Hall–Kier alpha value is -3.52. The fourth-order valence-electron chi connectivity index (χ4n) is 3.27. The molecule has 0 spiro atoms. The third-order valence-corrected chi connectivity index (χ3v) is 5.01. The number of aromatic amines is 1. The van der Waals surface area contributed by atoms with Crippen LogP contribution in [0.15, 0.2) is 59.4 Å². The van der Waals surface area contributed by atoms with Gasteiger partial charge in [-0.2, -0.15) is 0 Å². The molecule has 0 saturated heterocycles. The van der Waals surface area contributed by atoms with Crippen LogP contribution >= 0.6 is 0 Å². The van der Waals surface area contributed by atoms with Crippen molar-refractivity contribution in [2.75, 3.05) is 21.1 Å². The number of likely N-dealkylation sites (N-methyl/N-ethyl adjacent to an activating group) is 1. The Morgan fingerprint density at radius 2 is 1.71 bits per heavy atom. The number of hydrogen-bond donors (Lipinski definition) is 2. The molecule has 0 radical (unpaired) electrons. The van der Waals surface area contributed by atoms with Gasteiger partial charge in [-0.1, -0.05) is 42.5 Å². The van der Waals surface area contributed by atoms with Crippen LogP contribution in [0.4, 0.5) is 4.39 Å². The van der Waals surface area contributed by atoms with Crippen molar-refractivity contribution in [3.05, 3.63) is 93.4 Å². The summed E-state index contributed by atoms with van der Waals surface area (Å²) in [5.74, 6) is -1.41. The summed E-state index contributed by atoms with van der Waals surface area (Å²) >= 11 is 0. The van der Waals surface area contributed by atoms with E-state index < -0.39 is 17.2 Å². The fourth-order valence-corrected chi connectivity index (χ4v) is 3.27. The Bertz CT molecular complexity index is 1100. The van der Waals surface area contributed by atoms with Gasteiger partial charge < -0.3 is 15.0 Å². The number of hydrogen-bond acceptors (Lipinski definition) is 5. The number of amides is 1. The van der Waals surface area contributed by atoms with Gasteiger partial charge in [-0.05, 0) is 43.8 Å². The summed E-state index contributed by atoms with van der Waals surface area (Å²) in [6, 6.07) is 15.1. The molecule has 3 rings (SSSR count). The van der Waals surface area contributed by atoms with Gasteiger partial charge in [0.2, 0.25) is 5.75 Å². The first-order chi connectivity index (χ1) is 14.8. The molecule has 0 aliphatic heterocycles. The van der Waals surface area contributed by atoms with Gasteiger partial charge in [-0.3, -0.25) is 14.5 Å². The summed E-state index contributed by atoms with van der Waals surface area (Å²) in [6.45, 7) is 0.170. The molecule has 0 saturated carbocycles. The second-order valence-electron chi connectivity index (χ2n) is 7.61. The maximum atomic E-state index is 13.1. The summed E-state index contributed by atoms with van der Waals surface area (Å²) < 4.78 is 13.1. The maximum Gasteiger partial charge on any atom is 0.293 e. The predicted molar refractivity (Wildman–Crippen MR) is 115 cm³/mol. The number of nitrogens with zero attached hydrogens (tertiary/aromatic N) is 3. The van der Waals surface area contributed by atoms with Gasteiger partial charge in [-0.25, -0.2) is 9.37 Å². The van der Waals surface area contributed by atoms with E-state index in [1.807, 2.05) is 49.3 Å².